The molecular weight excluding hydrogens is 288 g/mol. The van der Waals surface area contributed by atoms with Gasteiger partial charge in [-0.25, -0.2) is 9.97 Å². The van der Waals surface area contributed by atoms with E-state index in [1.54, 1.807) is 19.9 Å². The molecule has 1 aliphatic heterocycles. The molecule has 0 saturated carbocycles. The summed E-state index contributed by atoms with van der Waals surface area (Å²) < 4.78 is 5.61. The number of ether oxygens (including phenoxy) is 1. The number of nitro groups is 1. The first-order valence-corrected chi connectivity index (χ1v) is 6.48. The number of non-ortho nitro benzene ring substituents is 1. The Kier molecular flexibility index (Phi) is 3.01. The van der Waals surface area contributed by atoms with E-state index in [9.17, 15) is 14.9 Å². The number of carbonyl (C=O) groups is 1. The highest BCUT2D eigenvalue weighted by Crippen LogP contribution is 2.40. The summed E-state index contributed by atoms with van der Waals surface area (Å²) in [6.07, 6.45) is 2.75. The van der Waals surface area contributed by atoms with Crippen molar-refractivity contribution in [2.45, 2.75) is 19.4 Å². The van der Waals surface area contributed by atoms with Gasteiger partial charge in [0.2, 0.25) is 0 Å². The molecule has 8 heteroatoms. The van der Waals surface area contributed by atoms with Crippen molar-refractivity contribution in [2.24, 2.45) is 0 Å². The Morgan fingerprint density at radius 3 is 2.86 bits per heavy atom. The lowest BCUT2D eigenvalue weighted by Gasteiger charge is -2.37. The standard InChI is InChI=1S/C14H12N4O4/c1-14(2)13(19)17(12-11(22-14)7-15-8-16-12)9-4-3-5-10(6-9)18(20)21/h3-8H,1-2H3. The third-order valence-electron chi connectivity index (χ3n) is 3.25. The number of rotatable bonds is 2. The first-order chi connectivity index (χ1) is 10.4. The lowest BCUT2D eigenvalue weighted by atomic mass is 10.0. The molecule has 1 aliphatic rings. The van der Waals surface area contributed by atoms with E-state index in [4.69, 9.17) is 4.74 Å². The van der Waals surface area contributed by atoms with Crippen LogP contribution in [0.3, 0.4) is 0 Å². The Hall–Kier alpha value is -3.03. The van der Waals surface area contributed by atoms with E-state index in [2.05, 4.69) is 9.97 Å². The molecule has 1 aromatic carbocycles. The molecule has 0 unspecified atom stereocenters. The van der Waals surface area contributed by atoms with Crippen molar-refractivity contribution in [1.82, 2.24) is 9.97 Å². The van der Waals surface area contributed by atoms with Gasteiger partial charge in [-0.2, -0.15) is 0 Å². The lowest BCUT2D eigenvalue weighted by molar-refractivity contribution is -0.384. The van der Waals surface area contributed by atoms with Crippen LogP contribution in [0.25, 0.3) is 0 Å². The number of hydrogen-bond acceptors (Lipinski definition) is 6. The summed E-state index contributed by atoms with van der Waals surface area (Å²) in [5.41, 5.74) is -0.872. The molecule has 0 radical (unpaired) electrons. The molecule has 0 N–H and O–H groups in total. The zero-order valence-corrected chi connectivity index (χ0v) is 11.9. The highest BCUT2D eigenvalue weighted by atomic mass is 16.6. The van der Waals surface area contributed by atoms with Crippen LogP contribution in [0.4, 0.5) is 17.2 Å². The summed E-state index contributed by atoms with van der Waals surface area (Å²) in [7, 11) is 0. The number of nitro benzene ring substituents is 1. The molecule has 0 bridgehead atoms. The van der Waals surface area contributed by atoms with Crippen LogP contribution < -0.4 is 9.64 Å². The van der Waals surface area contributed by atoms with Crippen molar-refractivity contribution >= 4 is 23.1 Å². The van der Waals surface area contributed by atoms with E-state index in [0.717, 1.165) is 0 Å². The molecular formula is C14H12N4O4. The molecule has 1 aromatic heterocycles. The van der Waals surface area contributed by atoms with Gasteiger partial charge in [0.1, 0.15) is 6.33 Å². The van der Waals surface area contributed by atoms with E-state index < -0.39 is 10.5 Å². The number of aromatic nitrogens is 2. The molecule has 0 saturated heterocycles. The van der Waals surface area contributed by atoms with E-state index in [0.29, 0.717) is 11.4 Å². The molecule has 112 valence electrons. The second-order valence-corrected chi connectivity index (χ2v) is 5.24. The highest BCUT2D eigenvalue weighted by molar-refractivity contribution is 6.07. The zero-order chi connectivity index (χ0) is 15.9. The Bertz CT molecular complexity index is 775. The predicted molar refractivity (Wildman–Crippen MR) is 77.0 cm³/mol. The van der Waals surface area contributed by atoms with Gasteiger partial charge in [-0.3, -0.25) is 19.8 Å². The summed E-state index contributed by atoms with van der Waals surface area (Å²) in [4.78, 5) is 32.4. The molecule has 3 rings (SSSR count). The minimum absolute atomic E-state index is 0.106. The van der Waals surface area contributed by atoms with Crippen LogP contribution in [0.5, 0.6) is 5.75 Å². The second-order valence-electron chi connectivity index (χ2n) is 5.24. The van der Waals surface area contributed by atoms with Gasteiger partial charge >= 0.3 is 0 Å². The molecule has 0 aliphatic carbocycles. The molecule has 0 fully saturated rings. The molecule has 22 heavy (non-hydrogen) atoms. The van der Waals surface area contributed by atoms with E-state index >= 15 is 0 Å². The molecule has 0 atom stereocenters. The fourth-order valence-corrected chi connectivity index (χ4v) is 2.22. The maximum Gasteiger partial charge on any atom is 0.276 e. The number of carbonyl (C=O) groups excluding carboxylic acids is 1. The summed E-state index contributed by atoms with van der Waals surface area (Å²) in [6, 6.07) is 5.81. The van der Waals surface area contributed by atoms with Gasteiger partial charge < -0.3 is 4.74 Å². The van der Waals surface area contributed by atoms with Gasteiger partial charge in [-0.1, -0.05) is 6.07 Å². The Morgan fingerprint density at radius 2 is 2.14 bits per heavy atom. The minimum atomic E-state index is -1.12. The smallest absolute Gasteiger partial charge is 0.276 e. The Morgan fingerprint density at radius 1 is 1.36 bits per heavy atom. The van der Waals surface area contributed by atoms with Gasteiger partial charge in [0.05, 0.1) is 16.8 Å². The number of nitrogens with zero attached hydrogens (tertiary/aromatic N) is 4. The number of hydrogen-bond donors (Lipinski definition) is 0. The first kappa shape index (κ1) is 13.9. The molecule has 2 heterocycles. The average molecular weight is 300 g/mol. The third-order valence-corrected chi connectivity index (χ3v) is 3.25. The molecule has 8 nitrogen and oxygen atoms in total. The van der Waals surface area contributed by atoms with Crippen molar-refractivity contribution in [2.75, 3.05) is 4.90 Å². The minimum Gasteiger partial charge on any atom is -0.472 e. The molecule has 0 spiro atoms. The van der Waals surface area contributed by atoms with Crippen molar-refractivity contribution in [3.05, 3.63) is 46.9 Å². The topological polar surface area (TPSA) is 98.5 Å². The van der Waals surface area contributed by atoms with Crippen LogP contribution in [0.1, 0.15) is 13.8 Å². The summed E-state index contributed by atoms with van der Waals surface area (Å²) in [6.45, 7) is 3.24. The SMILES string of the molecule is CC1(C)Oc2cncnc2N(c2cccc([N+](=O)[O-])c2)C1=O. The first-order valence-electron chi connectivity index (χ1n) is 6.48. The van der Waals surface area contributed by atoms with Crippen molar-refractivity contribution in [3.8, 4) is 5.75 Å². The van der Waals surface area contributed by atoms with Gasteiger partial charge in [0, 0.05) is 12.1 Å². The third kappa shape index (κ3) is 2.14. The zero-order valence-electron chi connectivity index (χ0n) is 11.9. The Labute approximate surface area is 125 Å². The molecule has 2 aromatic rings. The van der Waals surface area contributed by atoms with Crippen molar-refractivity contribution in [1.29, 1.82) is 0 Å². The van der Waals surface area contributed by atoms with Crippen molar-refractivity contribution < 1.29 is 14.5 Å². The van der Waals surface area contributed by atoms with Crippen LogP contribution in [0.2, 0.25) is 0 Å². The van der Waals surface area contributed by atoms with Gasteiger partial charge in [-0.15, -0.1) is 0 Å². The number of amides is 1. The van der Waals surface area contributed by atoms with E-state index in [-0.39, 0.29) is 17.4 Å². The summed E-state index contributed by atoms with van der Waals surface area (Å²) in [5.74, 6) is 0.248. The van der Waals surface area contributed by atoms with Gasteiger partial charge in [-0.05, 0) is 19.9 Å². The van der Waals surface area contributed by atoms with Crippen LogP contribution >= 0.6 is 0 Å². The monoisotopic (exact) mass is 300 g/mol. The molecule has 1 amide bonds. The predicted octanol–water partition coefficient (Wildman–Crippen LogP) is 2.22. The van der Waals surface area contributed by atoms with E-state index in [1.165, 1.54) is 35.6 Å². The Balaban J connectivity index is 2.18. The van der Waals surface area contributed by atoms with Crippen LogP contribution in [0, 0.1) is 10.1 Å². The fourth-order valence-electron chi connectivity index (χ4n) is 2.22. The normalized spacial score (nSPS) is 15.9. The van der Waals surface area contributed by atoms with Crippen molar-refractivity contribution in [3.63, 3.8) is 0 Å². The van der Waals surface area contributed by atoms with Gasteiger partial charge in [0.25, 0.3) is 11.6 Å². The van der Waals surface area contributed by atoms with Gasteiger partial charge in [0.15, 0.2) is 17.2 Å². The average Bonchev–Trinajstić information content (AvgIpc) is 2.48. The number of benzene rings is 1. The van der Waals surface area contributed by atoms with E-state index in [1.807, 2.05) is 0 Å². The van der Waals surface area contributed by atoms with Crippen LogP contribution in [-0.4, -0.2) is 26.4 Å². The highest BCUT2D eigenvalue weighted by Gasteiger charge is 2.42. The second kappa shape index (κ2) is 4.76. The maximum absolute atomic E-state index is 12.7. The largest absolute Gasteiger partial charge is 0.472 e. The maximum atomic E-state index is 12.7. The lowest BCUT2D eigenvalue weighted by Crippen LogP contribution is -2.50. The van der Waals surface area contributed by atoms with Crippen LogP contribution in [-0.2, 0) is 4.79 Å². The fraction of sp³-hybridized carbons (Fsp3) is 0.214. The summed E-state index contributed by atoms with van der Waals surface area (Å²) >= 11 is 0. The quantitative estimate of drug-likeness (QED) is 0.623. The van der Waals surface area contributed by atoms with Crippen LogP contribution in [0.15, 0.2) is 36.8 Å². The summed E-state index contributed by atoms with van der Waals surface area (Å²) in [5, 5.41) is 10.9. The number of anilines is 2. The number of fused-ring (bicyclic) bond motifs is 1.